The molecule has 2 N–H and O–H groups in total. The van der Waals surface area contributed by atoms with Gasteiger partial charge in [0.05, 0.1) is 28.5 Å². The molecule has 49 heavy (non-hydrogen) atoms. The van der Waals surface area contributed by atoms with E-state index in [9.17, 15) is 0 Å². The van der Waals surface area contributed by atoms with Crippen molar-refractivity contribution in [1.82, 2.24) is 9.97 Å². The molecule has 4 heteroatoms. The summed E-state index contributed by atoms with van der Waals surface area (Å²) in [6.07, 6.45) is 11.2. The predicted octanol–water partition coefficient (Wildman–Crippen LogP) is 10.5. The van der Waals surface area contributed by atoms with Gasteiger partial charge in [-0.3, -0.25) is 9.98 Å². The molecular weight excluding hydrogens is 597 g/mol. The van der Waals surface area contributed by atoms with E-state index in [2.05, 4.69) is 104 Å². The van der Waals surface area contributed by atoms with Crippen molar-refractivity contribution in [1.29, 1.82) is 0 Å². The topological polar surface area (TPSA) is 64.2 Å². The number of pyridine rings is 2. The maximum Gasteiger partial charge on any atom is 0.0887 e. The molecule has 2 heterocycles. The smallest absolute Gasteiger partial charge is 0.0887 e. The minimum absolute atomic E-state index is 0.0116. The molecule has 0 radical (unpaired) electrons. The zero-order chi connectivity index (χ0) is 33.4. The van der Waals surface area contributed by atoms with Gasteiger partial charge in [0.2, 0.25) is 0 Å². The summed E-state index contributed by atoms with van der Waals surface area (Å²) in [5, 5.41) is 0. The molecule has 2 aromatic heterocycles. The first-order valence-corrected chi connectivity index (χ1v) is 16.4. The Bertz CT molecular complexity index is 2190. The molecule has 4 nitrogen and oxygen atoms in total. The largest absolute Gasteiger partial charge is 0.398 e. The van der Waals surface area contributed by atoms with Crippen LogP contribution in [0.2, 0.25) is 0 Å². The van der Waals surface area contributed by atoms with Crippen molar-refractivity contribution in [3.8, 4) is 33.6 Å². The van der Waals surface area contributed by atoms with Crippen LogP contribution >= 0.6 is 0 Å². The summed E-state index contributed by atoms with van der Waals surface area (Å²) in [7, 11) is 0. The molecule has 0 spiro atoms. The molecule has 4 aromatic carbocycles. The number of aromatic nitrogens is 2. The van der Waals surface area contributed by atoms with Crippen LogP contribution in [0, 0.1) is 5.92 Å². The van der Waals surface area contributed by atoms with Gasteiger partial charge in [-0.05, 0) is 64.6 Å². The van der Waals surface area contributed by atoms with Crippen LogP contribution in [0.3, 0.4) is 0 Å². The van der Waals surface area contributed by atoms with Gasteiger partial charge >= 0.3 is 0 Å². The Hall–Kier alpha value is -6.39. The Balaban J connectivity index is 1.22. The normalized spacial score (nSPS) is 14.7. The fourth-order valence-corrected chi connectivity index (χ4v) is 6.03. The van der Waals surface area contributed by atoms with E-state index in [0.29, 0.717) is 17.1 Å². The van der Waals surface area contributed by atoms with Crippen LogP contribution < -0.4 is 5.73 Å². The van der Waals surface area contributed by atoms with Gasteiger partial charge in [0.1, 0.15) is 0 Å². The molecule has 1 aliphatic rings. The van der Waals surface area contributed by atoms with E-state index in [4.69, 9.17) is 20.7 Å². The summed E-state index contributed by atoms with van der Waals surface area (Å²) in [4.78, 5) is 14.8. The number of allylic oxidation sites excluding steroid dienone is 5. The van der Waals surface area contributed by atoms with Gasteiger partial charge in [-0.1, -0.05) is 146 Å². The first-order valence-electron chi connectivity index (χ1n) is 16.4. The number of nitrogens with zero attached hydrogens (tertiary/aromatic N) is 3. The summed E-state index contributed by atoms with van der Waals surface area (Å²) in [5.41, 5.74) is 18.8. The third kappa shape index (κ3) is 7.29. The quantitative estimate of drug-likeness (QED) is 0.161. The Kier molecular flexibility index (Phi) is 9.29. The second-order valence-corrected chi connectivity index (χ2v) is 11.9. The number of rotatable bonds is 9. The van der Waals surface area contributed by atoms with Crippen LogP contribution in [0.15, 0.2) is 188 Å². The van der Waals surface area contributed by atoms with Gasteiger partial charge in [-0.15, -0.1) is 0 Å². The summed E-state index contributed by atoms with van der Waals surface area (Å²) in [5.74, 6) is 0.0116. The molecule has 0 amide bonds. The summed E-state index contributed by atoms with van der Waals surface area (Å²) in [6.45, 7) is 4.39. The summed E-state index contributed by atoms with van der Waals surface area (Å²) in [6, 6.07) is 49.2. The Morgan fingerprint density at radius 2 is 1.35 bits per heavy atom. The van der Waals surface area contributed by atoms with E-state index in [0.717, 1.165) is 45.8 Å². The first-order chi connectivity index (χ1) is 24.1. The van der Waals surface area contributed by atoms with Crippen molar-refractivity contribution in [2.24, 2.45) is 16.6 Å². The van der Waals surface area contributed by atoms with Crippen LogP contribution in [0.4, 0.5) is 0 Å². The lowest BCUT2D eigenvalue weighted by Gasteiger charge is -2.18. The van der Waals surface area contributed by atoms with Gasteiger partial charge < -0.3 is 5.73 Å². The third-order valence-electron chi connectivity index (χ3n) is 8.66. The maximum atomic E-state index is 6.78. The first kappa shape index (κ1) is 31.2. The number of aliphatic imine (C=N–C) groups is 1. The van der Waals surface area contributed by atoms with Gasteiger partial charge in [0.15, 0.2) is 0 Å². The van der Waals surface area contributed by atoms with E-state index < -0.39 is 0 Å². The number of benzene rings is 4. The fourth-order valence-electron chi connectivity index (χ4n) is 6.03. The van der Waals surface area contributed by atoms with E-state index in [1.54, 1.807) is 0 Å². The van der Waals surface area contributed by atoms with Crippen molar-refractivity contribution >= 4 is 22.7 Å². The van der Waals surface area contributed by atoms with E-state index in [1.807, 2.05) is 79.0 Å². The predicted molar refractivity (Wildman–Crippen MR) is 205 cm³/mol. The van der Waals surface area contributed by atoms with Gasteiger partial charge in [-0.2, -0.15) is 0 Å². The fraction of sp³-hybridized carbons (Fsp3) is 0.0444. The highest BCUT2D eigenvalue weighted by Crippen LogP contribution is 2.31. The Morgan fingerprint density at radius 3 is 2.02 bits per heavy atom. The molecule has 0 saturated carbocycles. The maximum absolute atomic E-state index is 6.78. The lowest BCUT2D eigenvalue weighted by molar-refractivity contribution is 0.875. The van der Waals surface area contributed by atoms with E-state index in [1.165, 1.54) is 16.7 Å². The van der Waals surface area contributed by atoms with Crippen LogP contribution in [-0.2, 0) is 0 Å². The molecule has 1 aliphatic carbocycles. The van der Waals surface area contributed by atoms with Crippen LogP contribution in [0.5, 0.6) is 0 Å². The monoisotopic (exact) mass is 632 g/mol. The van der Waals surface area contributed by atoms with Crippen molar-refractivity contribution < 1.29 is 0 Å². The van der Waals surface area contributed by atoms with E-state index in [-0.39, 0.29) is 5.92 Å². The minimum atomic E-state index is 0.0116. The highest BCUT2D eigenvalue weighted by atomic mass is 14.8. The lowest BCUT2D eigenvalue weighted by atomic mass is 9.89. The molecule has 0 saturated heterocycles. The molecular formula is C45H36N4. The van der Waals surface area contributed by atoms with Gasteiger partial charge in [0, 0.05) is 28.9 Å². The molecule has 6 aromatic rings. The van der Waals surface area contributed by atoms with Crippen molar-refractivity contribution in [3.63, 3.8) is 0 Å². The second kappa shape index (κ2) is 14.6. The Labute approximate surface area is 288 Å². The molecule has 236 valence electrons. The molecule has 1 unspecified atom stereocenters. The highest BCUT2D eigenvalue weighted by Gasteiger charge is 2.17. The third-order valence-corrected chi connectivity index (χ3v) is 8.66. The standard InChI is InChI=1S/C45H36N4/c1-32(42-20-11-21-43(49-42)40-19-12-30-47-45(40)39-17-9-4-10-18-39)48-44(38-28-24-36(25-29-38)34-15-7-3-8-16-34)31-41(46)37-26-22-35(23-27-37)33-13-5-2-6-14-33/h2-28,30-31,38H,1,29,46H2/b41-31-,48-44?. The van der Waals surface area contributed by atoms with Gasteiger partial charge in [0.25, 0.3) is 0 Å². The zero-order valence-corrected chi connectivity index (χ0v) is 27.2. The molecule has 0 aliphatic heterocycles. The molecule has 0 fully saturated rings. The van der Waals surface area contributed by atoms with Gasteiger partial charge in [-0.25, -0.2) is 4.98 Å². The highest BCUT2D eigenvalue weighted by molar-refractivity contribution is 6.06. The van der Waals surface area contributed by atoms with Crippen LogP contribution in [0.1, 0.15) is 23.2 Å². The molecule has 7 rings (SSSR count). The zero-order valence-electron chi connectivity index (χ0n) is 27.2. The average Bonchev–Trinajstić information content (AvgIpc) is 3.19. The minimum Gasteiger partial charge on any atom is -0.398 e. The SMILES string of the molecule is C=C(N=C(/C=C(\N)c1ccc(-c2ccccc2)cc1)C1C=CC(c2ccccc2)=CC1)c1cccc(-c2cccnc2-c2ccccc2)n1. The summed E-state index contributed by atoms with van der Waals surface area (Å²) < 4.78 is 0. The Morgan fingerprint density at radius 1 is 0.694 bits per heavy atom. The molecule has 1 atom stereocenters. The van der Waals surface area contributed by atoms with Crippen LogP contribution in [0.25, 0.3) is 50.6 Å². The van der Waals surface area contributed by atoms with E-state index >= 15 is 0 Å². The number of hydrogen-bond donors (Lipinski definition) is 1. The second-order valence-electron chi connectivity index (χ2n) is 11.9. The lowest BCUT2D eigenvalue weighted by Crippen LogP contribution is -2.14. The molecule has 0 bridgehead atoms. The van der Waals surface area contributed by atoms with Crippen LogP contribution in [-0.4, -0.2) is 15.7 Å². The number of nitrogens with two attached hydrogens (primary N) is 1. The van der Waals surface area contributed by atoms with Crippen molar-refractivity contribution in [2.75, 3.05) is 0 Å². The average molecular weight is 633 g/mol. The van der Waals surface area contributed by atoms with Crippen molar-refractivity contribution in [3.05, 3.63) is 199 Å². The summed E-state index contributed by atoms with van der Waals surface area (Å²) >= 11 is 0. The van der Waals surface area contributed by atoms with Crippen molar-refractivity contribution in [2.45, 2.75) is 6.42 Å². The number of hydrogen-bond acceptors (Lipinski definition) is 4.